The van der Waals surface area contributed by atoms with Crippen LogP contribution in [-0.2, 0) is 30.7 Å². The largest absolute Gasteiger partial charge is 0.450 e. The molecule has 220 valence electrons. The second kappa shape index (κ2) is 13.8. The van der Waals surface area contributed by atoms with E-state index in [4.69, 9.17) is 19.9 Å². The number of nitrogen functional groups attached to an aromatic ring is 1. The molecule has 5 atom stereocenters. The first kappa shape index (κ1) is 30.3. The number of aliphatic hydroxyl groups is 1. The Morgan fingerprint density at radius 3 is 2.55 bits per heavy atom. The highest BCUT2D eigenvalue weighted by molar-refractivity contribution is 7.89. The summed E-state index contributed by atoms with van der Waals surface area (Å²) >= 11 is 0. The lowest BCUT2D eigenvalue weighted by molar-refractivity contribution is -0.0905. The van der Waals surface area contributed by atoms with Gasteiger partial charge in [-0.25, -0.2) is 13.2 Å². The number of nitrogens with one attached hydrogen (secondary N) is 1. The summed E-state index contributed by atoms with van der Waals surface area (Å²) < 4.78 is 45.0. The Labute approximate surface area is 236 Å². The lowest BCUT2D eigenvalue weighted by Gasteiger charge is -2.30. The van der Waals surface area contributed by atoms with Crippen molar-refractivity contribution in [2.24, 2.45) is 17.8 Å². The van der Waals surface area contributed by atoms with Crippen LogP contribution in [0.2, 0.25) is 0 Å². The molecule has 0 bridgehead atoms. The van der Waals surface area contributed by atoms with Crippen molar-refractivity contribution < 1.29 is 32.5 Å². The van der Waals surface area contributed by atoms with Crippen LogP contribution in [0.25, 0.3) is 0 Å². The molecule has 0 aliphatic carbocycles. The first-order valence-electron chi connectivity index (χ1n) is 13.9. The van der Waals surface area contributed by atoms with Gasteiger partial charge in [-0.1, -0.05) is 44.2 Å². The number of nitrogens with zero attached hydrogens (tertiary/aromatic N) is 1. The van der Waals surface area contributed by atoms with E-state index in [0.717, 1.165) is 12.0 Å². The van der Waals surface area contributed by atoms with Crippen LogP contribution in [0.1, 0.15) is 32.3 Å². The Kier molecular flexibility index (Phi) is 10.4. The fraction of sp³-hybridized carbons (Fsp3) is 0.552. The number of rotatable bonds is 13. The molecule has 0 unspecified atom stereocenters. The molecule has 2 aliphatic rings. The van der Waals surface area contributed by atoms with Crippen LogP contribution in [0.15, 0.2) is 59.5 Å². The molecule has 4 N–H and O–H groups in total. The van der Waals surface area contributed by atoms with Crippen LogP contribution >= 0.6 is 0 Å². The lowest BCUT2D eigenvalue weighted by atomic mass is 9.91. The van der Waals surface area contributed by atoms with Crippen molar-refractivity contribution in [2.45, 2.75) is 56.4 Å². The number of ether oxygens (including phenoxy) is 3. The fourth-order valence-electron chi connectivity index (χ4n) is 5.30. The summed E-state index contributed by atoms with van der Waals surface area (Å²) in [5.41, 5.74) is 7.09. The van der Waals surface area contributed by atoms with E-state index >= 15 is 0 Å². The molecule has 2 aromatic carbocycles. The van der Waals surface area contributed by atoms with Crippen LogP contribution in [0.3, 0.4) is 0 Å². The molecule has 2 aromatic rings. The molecule has 0 aromatic heterocycles. The summed E-state index contributed by atoms with van der Waals surface area (Å²) in [7, 11) is -3.92. The topological polar surface area (TPSA) is 140 Å². The van der Waals surface area contributed by atoms with E-state index in [0.29, 0.717) is 37.7 Å². The number of benzene rings is 2. The molecule has 2 aliphatic heterocycles. The van der Waals surface area contributed by atoms with E-state index in [1.54, 1.807) is 0 Å². The van der Waals surface area contributed by atoms with Gasteiger partial charge in [0.25, 0.3) is 0 Å². The van der Waals surface area contributed by atoms with Crippen molar-refractivity contribution in [3.05, 3.63) is 60.2 Å². The van der Waals surface area contributed by atoms with Gasteiger partial charge >= 0.3 is 6.09 Å². The molecule has 11 heteroatoms. The zero-order valence-electron chi connectivity index (χ0n) is 23.1. The smallest absolute Gasteiger partial charge is 0.407 e. The van der Waals surface area contributed by atoms with Gasteiger partial charge in [0.2, 0.25) is 10.0 Å². The van der Waals surface area contributed by atoms with Crippen molar-refractivity contribution in [3.63, 3.8) is 0 Å². The van der Waals surface area contributed by atoms with E-state index < -0.39 is 28.3 Å². The highest BCUT2D eigenvalue weighted by Crippen LogP contribution is 2.37. The average Bonchev–Trinajstić information content (AvgIpc) is 3.53. The molecular formula is C29H41N3O7S. The minimum atomic E-state index is -3.92. The number of aliphatic hydroxyl groups excluding tert-OH is 1. The second-order valence-corrected chi connectivity index (χ2v) is 12.9. The zero-order chi connectivity index (χ0) is 28.7. The van der Waals surface area contributed by atoms with Gasteiger partial charge in [0, 0.05) is 24.7 Å². The van der Waals surface area contributed by atoms with Crippen molar-refractivity contribution >= 4 is 21.8 Å². The molecule has 10 nitrogen and oxygen atoms in total. The zero-order valence-corrected chi connectivity index (χ0v) is 24.0. The number of alkyl carbamates (subject to hydrolysis) is 1. The monoisotopic (exact) mass is 575 g/mol. The van der Waals surface area contributed by atoms with Gasteiger partial charge in [0.1, 0.15) is 0 Å². The molecule has 2 heterocycles. The predicted molar refractivity (Wildman–Crippen MR) is 151 cm³/mol. The molecule has 40 heavy (non-hydrogen) atoms. The molecule has 0 radical (unpaired) electrons. The Balaban J connectivity index is 1.42. The highest BCUT2D eigenvalue weighted by Gasteiger charge is 2.41. The number of sulfonamides is 1. The summed E-state index contributed by atoms with van der Waals surface area (Å²) in [5, 5.41) is 14.1. The van der Waals surface area contributed by atoms with Gasteiger partial charge < -0.3 is 30.4 Å². The molecule has 2 fully saturated rings. The maximum absolute atomic E-state index is 13.5. The van der Waals surface area contributed by atoms with Gasteiger partial charge in [0.15, 0.2) is 6.29 Å². The number of carbonyl (C=O) groups is 1. The summed E-state index contributed by atoms with van der Waals surface area (Å²) in [6, 6.07) is 14.6. The van der Waals surface area contributed by atoms with E-state index in [9.17, 15) is 18.3 Å². The first-order valence-corrected chi connectivity index (χ1v) is 15.3. The Hall–Kier alpha value is -2.70. The van der Waals surface area contributed by atoms with E-state index in [2.05, 4.69) is 5.32 Å². The molecule has 4 rings (SSSR count). The third kappa shape index (κ3) is 7.94. The normalized spacial score (nSPS) is 22.3. The SMILES string of the molecule is CC(C)CN(C[C@@H](O)[C@H](Cc1ccccc1)NC(=O)OCC[C@H]1CO[C@H]2OCC[C@@H]12)S(=O)(=O)c1ccc(N)cc1. The van der Waals surface area contributed by atoms with Crippen LogP contribution in [0.4, 0.5) is 10.5 Å². The van der Waals surface area contributed by atoms with Gasteiger partial charge in [0.05, 0.1) is 36.9 Å². The Morgan fingerprint density at radius 2 is 1.85 bits per heavy atom. The summed E-state index contributed by atoms with van der Waals surface area (Å²) in [6.07, 6.45) is -0.107. The predicted octanol–water partition coefficient (Wildman–Crippen LogP) is 3.01. The first-order chi connectivity index (χ1) is 19.1. The number of hydrogen-bond acceptors (Lipinski definition) is 8. The minimum Gasteiger partial charge on any atom is -0.450 e. The third-order valence-corrected chi connectivity index (χ3v) is 9.27. The van der Waals surface area contributed by atoms with Gasteiger partial charge in [-0.15, -0.1) is 0 Å². The second-order valence-electron chi connectivity index (χ2n) is 11.0. The molecule has 0 spiro atoms. The Bertz CT molecular complexity index is 1190. The summed E-state index contributed by atoms with van der Waals surface area (Å²) in [4.78, 5) is 12.9. The number of nitrogens with two attached hydrogens (primary N) is 1. The maximum Gasteiger partial charge on any atom is 0.407 e. The lowest BCUT2D eigenvalue weighted by Crippen LogP contribution is -2.51. The van der Waals surface area contributed by atoms with E-state index in [-0.39, 0.29) is 42.7 Å². The van der Waals surface area contributed by atoms with Gasteiger partial charge in [-0.05, 0) is 60.9 Å². The quantitative estimate of drug-likeness (QED) is 0.310. The number of fused-ring (bicyclic) bond motifs is 1. The van der Waals surface area contributed by atoms with E-state index in [1.165, 1.54) is 28.6 Å². The van der Waals surface area contributed by atoms with Crippen LogP contribution in [-0.4, -0.2) is 75.3 Å². The van der Waals surface area contributed by atoms with Crippen molar-refractivity contribution in [1.29, 1.82) is 0 Å². The number of anilines is 1. The molecule has 2 saturated heterocycles. The van der Waals surface area contributed by atoms with Gasteiger partial charge in [-0.3, -0.25) is 0 Å². The van der Waals surface area contributed by atoms with E-state index in [1.807, 2.05) is 44.2 Å². The number of hydrogen-bond donors (Lipinski definition) is 3. The van der Waals surface area contributed by atoms with Crippen LogP contribution in [0.5, 0.6) is 0 Å². The van der Waals surface area contributed by atoms with Crippen molar-refractivity contribution in [2.75, 3.05) is 38.6 Å². The van der Waals surface area contributed by atoms with Gasteiger partial charge in [-0.2, -0.15) is 4.31 Å². The number of carbonyl (C=O) groups excluding carboxylic acids is 1. The van der Waals surface area contributed by atoms with Crippen LogP contribution in [0, 0.1) is 17.8 Å². The van der Waals surface area contributed by atoms with Crippen molar-refractivity contribution in [1.82, 2.24) is 9.62 Å². The maximum atomic E-state index is 13.5. The molecule has 0 saturated carbocycles. The summed E-state index contributed by atoms with van der Waals surface area (Å²) in [5.74, 6) is 0.606. The molecule has 1 amide bonds. The molecular weight excluding hydrogens is 534 g/mol. The Morgan fingerprint density at radius 1 is 1.12 bits per heavy atom. The minimum absolute atomic E-state index is 0.00527. The third-order valence-electron chi connectivity index (χ3n) is 7.43. The fourth-order valence-corrected chi connectivity index (χ4v) is 6.92. The number of amides is 1. The summed E-state index contributed by atoms with van der Waals surface area (Å²) in [6.45, 7) is 5.29. The van der Waals surface area contributed by atoms with Crippen molar-refractivity contribution in [3.8, 4) is 0 Å². The highest BCUT2D eigenvalue weighted by atomic mass is 32.2. The van der Waals surface area contributed by atoms with Crippen LogP contribution < -0.4 is 11.1 Å². The standard InChI is InChI=1S/C29H41N3O7S/c1-20(2)17-32(40(35,36)24-10-8-23(30)9-11-24)18-27(33)26(16-21-6-4-3-5-7-21)31-29(34)38-14-12-22-19-39-28-25(22)13-15-37-28/h3-11,20,22,25-28,33H,12-19,30H2,1-2H3,(H,31,34)/t22-,25-,26-,27+,28+/m0/s1. The average molecular weight is 576 g/mol.